The summed E-state index contributed by atoms with van der Waals surface area (Å²) in [5.41, 5.74) is 5.12. The highest BCUT2D eigenvalue weighted by molar-refractivity contribution is 5.95. The number of likely N-dealkylation sites (tertiary alicyclic amines) is 1. The minimum Gasteiger partial charge on any atom is -0.462 e. The van der Waals surface area contributed by atoms with Crippen LogP contribution in [-0.4, -0.2) is 68.0 Å². The number of esters is 1. The van der Waals surface area contributed by atoms with Crippen molar-refractivity contribution in [1.82, 2.24) is 10.6 Å². The van der Waals surface area contributed by atoms with Crippen LogP contribution in [0.1, 0.15) is 34.8 Å². The molecular weight excluding hydrogens is 608 g/mol. The standard InChI is InChI=1S/C38H40N4O6/c1-3-46-37(44)30-14-16-31(17-15-30)40-38(45)41-33(21-26-9-12-29(13-10-26)28-7-5-4-6-8-28)36(43)39-32-19-20-42(2,24-32)23-27-11-18-34-35(22-27)48-25-47-34/h4-18,22,32-33H,3,19-21,23-25H2,1-2H3,(H2-,39,40,41,43,44,45)/p+1/t32-,33-,42?/m0/s1. The number of urea groups is 1. The van der Waals surface area contributed by atoms with Gasteiger partial charge in [0.2, 0.25) is 12.7 Å². The summed E-state index contributed by atoms with van der Waals surface area (Å²) in [5, 5.41) is 8.91. The van der Waals surface area contributed by atoms with Gasteiger partial charge in [-0.2, -0.15) is 0 Å². The summed E-state index contributed by atoms with van der Waals surface area (Å²) in [6.45, 7) is 4.73. The van der Waals surface area contributed by atoms with E-state index in [0.29, 0.717) is 17.7 Å². The first kappa shape index (κ1) is 32.6. The van der Waals surface area contributed by atoms with E-state index in [9.17, 15) is 14.4 Å². The summed E-state index contributed by atoms with van der Waals surface area (Å²) < 4.78 is 16.8. The quantitative estimate of drug-likeness (QED) is 0.146. The molecule has 0 spiro atoms. The van der Waals surface area contributed by atoms with E-state index in [1.165, 1.54) is 0 Å². The fourth-order valence-electron chi connectivity index (χ4n) is 6.36. The Labute approximate surface area is 280 Å². The van der Waals surface area contributed by atoms with Gasteiger partial charge in [0.15, 0.2) is 11.5 Å². The van der Waals surface area contributed by atoms with E-state index in [-0.39, 0.29) is 25.3 Å². The molecule has 2 heterocycles. The van der Waals surface area contributed by atoms with E-state index in [1.54, 1.807) is 31.2 Å². The molecular formula is C38H41N4O6+. The fraction of sp³-hybridized carbons (Fsp3) is 0.289. The molecule has 3 N–H and O–H groups in total. The number of nitrogens with one attached hydrogen (secondary N) is 3. The van der Waals surface area contributed by atoms with E-state index in [0.717, 1.165) is 64.3 Å². The topological polar surface area (TPSA) is 115 Å². The minimum atomic E-state index is -0.820. The molecule has 6 rings (SSSR count). The number of rotatable bonds is 11. The summed E-state index contributed by atoms with van der Waals surface area (Å²) in [7, 11) is 2.20. The van der Waals surface area contributed by atoms with Crippen LogP contribution in [0, 0.1) is 0 Å². The van der Waals surface area contributed by atoms with Gasteiger partial charge in [-0.3, -0.25) is 4.79 Å². The lowest BCUT2D eigenvalue weighted by Crippen LogP contribution is -2.53. The van der Waals surface area contributed by atoms with E-state index in [2.05, 4.69) is 41.2 Å². The van der Waals surface area contributed by atoms with Gasteiger partial charge in [-0.05, 0) is 66.1 Å². The van der Waals surface area contributed by atoms with E-state index >= 15 is 0 Å². The van der Waals surface area contributed by atoms with Crippen LogP contribution in [0.25, 0.3) is 11.1 Å². The number of nitrogens with zero attached hydrogens (tertiary/aromatic N) is 1. The summed E-state index contributed by atoms with van der Waals surface area (Å²) in [5.74, 6) is 0.860. The van der Waals surface area contributed by atoms with Crippen LogP contribution in [0.3, 0.4) is 0 Å². The van der Waals surface area contributed by atoms with Gasteiger partial charge in [0, 0.05) is 24.1 Å². The van der Waals surface area contributed by atoms with Gasteiger partial charge in [0.05, 0.1) is 38.3 Å². The Morgan fingerprint density at radius 3 is 2.33 bits per heavy atom. The number of likely N-dealkylation sites (N-methyl/N-ethyl adjacent to an activating group) is 1. The third-order valence-corrected chi connectivity index (χ3v) is 8.80. The van der Waals surface area contributed by atoms with Crippen molar-refractivity contribution >= 4 is 23.6 Å². The van der Waals surface area contributed by atoms with E-state index < -0.39 is 18.0 Å². The van der Waals surface area contributed by atoms with Gasteiger partial charge in [-0.1, -0.05) is 54.6 Å². The third-order valence-electron chi connectivity index (χ3n) is 8.80. The van der Waals surface area contributed by atoms with Crippen LogP contribution in [0.5, 0.6) is 11.5 Å². The maximum absolute atomic E-state index is 13.8. The molecule has 0 radical (unpaired) electrons. The molecule has 4 aromatic rings. The predicted molar refractivity (Wildman–Crippen MR) is 183 cm³/mol. The van der Waals surface area contributed by atoms with Crippen molar-refractivity contribution in [2.24, 2.45) is 0 Å². The average molecular weight is 650 g/mol. The molecule has 1 unspecified atom stereocenters. The molecule has 1 saturated heterocycles. The molecule has 1 fully saturated rings. The van der Waals surface area contributed by atoms with Crippen molar-refractivity contribution < 1.29 is 33.1 Å². The first-order valence-corrected chi connectivity index (χ1v) is 16.3. The summed E-state index contributed by atoms with van der Waals surface area (Å²) in [4.78, 5) is 39.0. The molecule has 0 aliphatic carbocycles. The molecule has 4 aromatic carbocycles. The monoisotopic (exact) mass is 649 g/mol. The maximum atomic E-state index is 13.8. The van der Waals surface area contributed by atoms with Gasteiger partial charge >= 0.3 is 12.0 Å². The van der Waals surface area contributed by atoms with Crippen molar-refractivity contribution in [3.63, 3.8) is 0 Å². The largest absolute Gasteiger partial charge is 0.462 e. The highest BCUT2D eigenvalue weighted by atomic mass is 16.7. The molecule has 10 nitrogen and oxygen atoms in total. The lowest BCUT2D eigenvalue weighted by atomic mass is 10.00. The number of benzene rings is 4. The summed E-state index contributed by atoms with van der Waals surface area (Å²) in [6.07, 6.45) is 1.14. The average Bonchev–Trinajstić information content (AvgIpc) is 3.71. The second kappa shape index (κ2) is 14.6. The number of hydrogen-bond donors (Lipinski definition) is 3. The Balaban J connectivity index is 1.12. The van der Waals surface area contributed by atoms with Gasteiger partial charge < -0.3 is 34.6 Å². The molecule has 48 heavy (non-hydrogen) atoms. The van der Waals surface area contributed by atoms with Gasteiger partial charge in [-0.15, -0.1) is 0 Å². The van der Waals surface area contributed by atoms with Crippen molar-refractivity contribution in [1.29, 1.82) is 0 Å². The van der Waals surface area contributed by atoms with Crippen LogP contribution in [0.15, 0.2) is 97.1 Å². The molecule has 3 atom stereocenters. The van der Waals surface area contributed by atoms with Crippen molar-refractivity contribution in [3.05, 3.63) is 114 Å². The number of quaternary nitrogens is 1. The van der Waals surface area contributed by atoms with Crippen molar-refractivity contribution in [3.8, 4) is 22.6 Å². The number of carbonyl (C=O) groups is 3. The Morgan fingerprint density at radius 1 is 0.875 bits per heavy atom. The highest BCUT2D eigenvalue weighted by Gasteiger charge is 2.37. The zero-order valence-corrected chi connectivity index (χ0v) is 27.2. The zero-order chi connectivity index (χ0) is 33.5. The Kier molecular flexibility index (Phi) is 9.91. The number of hydrogen-bond acceptors (Lipinski definition) is 6. The Bertz CT molecular complexity index is 1750. The Hall–Kier alpha value is -5.35. The first-order valence-electron chi connectivity index (χ1n) is 16.3. The molecule has 3 amide bonds. The molecule has 2 aliphatic heterocycles. The normalized spacial score (nSPS) is 18.5. The number of anilines is 1. The maximum Gasteiger partial charge on any atom is 0.338 e. The summed E-state index contributed by atoms with van der Waals surface area (Å²) >= 11 is 0. The van der Waals surface area contributed by atoms with Gasteiger partial charge in [-0.25, -0.2) is 9.59 Å². The first-order chi connectivity index (χ1) is 23.3. The SMILES string of the molecule is CCOC(=O)c1ccc(NC(=O)N[C@@H](Cc2ccc(-c3ccccc3)cc2)C(=O)N[C@H]2CC[N+](C)(Cc3ccc4c(c3)OCO4)C2)cc1. The van der Waals surface area contributed by atoms with Crippen LogP contribution >= 0.6 is 0 Å². The summed E-state index contributed by atoms with van der Waals surface area (Å²) in [6, 6.07) is 29.2. The van der Waals surface area contributed by atoms with Crippen molar-refractivity contribution in [2.75, 3.05) is 38.9 Å². The Morgan fingerprint density at radius 2 is 1.58 bits per heavy atom. The predicted octanol–water partition coefficient (Wildman–Crippen LogP) is 5.53. The van der Waals surface area contributed by atoms with Gasteiger partial charge in [0.25, 0.3) is 0 Å². The highest BCUT2D eigenvalue weighted by Crippen LogP contribution is 2.34. The van der Waals surface area contributed by atoms with E-state index in [4.69, 9.17) is 14.2 Å². The second-order valence-corrected chi connectivity index (χ2v) is 12.6. The molecule has 0 saturated carbocycles. The molecule has 0 aromatic heterocycles. The molecule has 0 bridgehead atoms. The van der Waals surface area contributed by atoms with Gasteiger partial charge in [0.1, 0.15) is 12.6 Å². The lowest BCUT2D eigenvalue weighted by Gasteiger charge is -2.30. The number of carbonyl (C=O) groups excluding carboxylic acids is 3. The van der Waals surface area contributed by atoms with Crippen LogP contribution in [0.2, 0.25) is 0 Å². The minimum absolute atomic E-state index is 0.0419. The smallest absolute Gasteiger partial charge is 0.338 e. The van der Waals surface area contributed by atoms with Crippen molar-refractivity contribution in [2.45, 2.75) is 38.4 Å². The zero-order valence-electron chi connectivity index (χ0n) is 27.2. The number of amides is 3. The lowest BCUT2D eigenvalue weighted by molar-refractivity contribution is -0.911. The van der Waals surface area contributed by atoms with Crippen LogP contribution < -0.4 is 25.4 Å². The molecule has 10 heteroatoms. The fourth-order valence-corrected chi connectivity index (χ4v) is 6.36. The second-order valence-electron chi connectivity index (χ2n) is 12.6. The van der Waals surface area contributed by atoms with Crippen LogP contribution in [0.4, 0.5) is 10.5 Å². The number of ether oxygens (including phenoxy) is 3. The van der Waals surface area contributed by atoms with E-state index in [1.807, 2.05) is 54.6 Å². The number of fused-ring (bicyclic) bond motifs is 1. The van der Waals surface area contributed by atoms with Crippen LogP contribution in [-0.2, 0) is 22.5 Å². The molecule has 248 valence electrons. The molecule has 2 aliphatic rings. The third kappa shape index (κ3) is 8.13.